The highest BCUT2D eigenvalue weighted by atomic mass is 16.3. The summed E-state index contributed by atoms with van der Waals surface area (Å²) in [6.07, 6.45) is 0. The molecule has 76 valence electrons. The number of hydrogen-bond donors (Lipinski definition) is 2. The third-order valence-electron chi connectivity index (χ3n) is 1.81. The molecule has 1 aromatic heterocycles. The smallest absolute Gasteiger partial charge is 0.309 e. The van der Waals surface area contributed by atoms with Gasteiger partial charge in [0, 0.05) is 12.1 Å². The molecule has 1 aromatic rings. The Morgan fingerprint density at radius 2 is 2.14 bits per heavy atom. The van der Waals surface area contributed by atoms with Gasteiger partial charge < -0.3 is 15.5 Å². The van der Waals surface area contributed by atoms with Crippen LogP contribution in [-0.4, -0.2) is 11.8 Å². The fourth-order valence-corrected chi connectivity index (χ4v) is 1.12. The molecule has 5 heteroatoms. The van der Waals surface area contributed by atoms with E-state index in [2.05, 4.69) is 5.32 Å². The van der Waals surface area contributed by atoms with E-state index >= 15 is 0 Å². The summed E-state index contributed by atoms with van der Waals surface area (Å²) in [6, 6.07) is 1.80. The summed E-state index contributed by atoms with van der Waals surface area (Å²) in [6.45, 7) is 3.86. The summed E-state index contributed by atoms with van der Waals surface area (Å²) in [7, 11) is 0. The molecule has 0 aliphatic carbocycles. The van der Waals surface area contributed by atoms with Gasteiger partial charge in [-0.1, -0.05) is 0 Å². The average Bonchev–Trinajstić information content (AvgIpc) is 2.40. The Morgan fingerprint density at radius 1 is 1.50 bits per heavy atom. The van der Waals surface area contributed by atoms with Crippen molar-refractivity contribution in [2.75, 3.05) is 0 Å². The summed E-state index contributed by atoms with van der Waals surface area (Å²) < 4.78 is 5.24. The molecular formula is C9H12N2O3. The van der Waals surface area contributed by atoms with Gasteiger partial charge in [-0.2, -0.15) is 0 Å². The maximum atomic E-state index is 10.8. The van der Waals surface area contributed by atoms with Gasteiger partial charge in [-0.25, -0.2) is 0 Å². The molecule has 5 nitrogen and oxygen atoms in total. The maximum absolute atomic E-state index is 10.8. The molecule has 0 spiro atoms. The lowest BCUT2D eigenvalue weighted by Gasteiger charge is -1.99. The highest BCUT2D eigenvalue weighted by molar-refractivity contribution is 6.34. The lowest BCUT2D eigenvalue weighted by Crippen LogP contribution is -2.35. The van der Waals surface area contributed by atoms with Crippen molar-refractivity contribution in [2.45, 2.75) is 20.4 Å². The molecule has 0 radical (unpaired) electrons. The first-order valence-corrected chi connectivity index (χ1v) is 4.14. The second kappa shape index (κ2) is 3.95. The zero-order chi connectivity index (χ0) is 10.7. The second-order valence-electron chi connectivity index (χ2n) is 2.99. The van der Waals surface area contributed by atoms with Crippen LogP contribution >= 0.6 is 0 Å². The first-order valence-electron chi connectivity index (χ1n) is 4.14. The monoisotopic (exact) mass is 196 g/mol. The maximum Gasteiger partial charge on any atom is 0.309 e. The Kier molecular flexibility index (Phi) is 2.91. The fourth-order valence-electron chi connectivity index (χ4n) is 1.12. The first-order chi connectivity index (χ1) is 6.50. The molecule has 1 rings (SSSR count). The highest BCUT2D eigenvalue weighted by Gasteiger charge is 2.10. The molecule has 0 aliphatic heterocycles. The third-order valence-corrected chi connectivity index (χ3v) is 1.81. The van der Waals surface area contributed by atoms with Crippen LogP contribution in [0, 0.1) is 13.8 Å². The van der Waals surface area contributed by atoms with E-state index < -0.39 is 11.8 Å². The minimum absolute atomic E-state index is 0.255. The first kappa shape index (κ1) is 10.3. The van der Waals surface area contributed by atoms with Gasteiger partial charge in [-0.05, 0) is 19.9 Å². The third kappa shape index (κ3) is 2.35. The van der Waals surface area contributed by atoms with Crippen LogP contribution in [0.15, 0.2) is 10.5 Å². The van der Waals surface area contributed by atoms with Gasteiger partial charge in [-0.3, -0.25) is 9.59 Å². The molecule has 0 saturated heterocycles. The molecular weight excluding hydrogens is 184 g/mol. The van der Waals surface area contributed by atoms with Crippen molar-refractivity contribution < 1.29 is 14.0 Å². The fraction of sp³-hybridized carbons (Fsp3) is 0.333. The van der Waals surface area contributed by atoms with Gasteiger partial charge in [0.1, 0.15) is 11.5 Å². The van der Waals surface area contributed by atoms with Crippen LogP contribution in [0.3, 0.4) is 0 Å². The number of carbonyl (C=O) groups is 2. The minimum Gasteiger partial charge on any atom is -0.466 e. The van der Waals surface area contributed by atoms with Crippen LogP contribution in [-0.2, 0) is 16.1 Å². The SMILES string of the molecule is Cc1cc(CNC(=O)C(N)=O)c(C)o1. The van der Waals surface area contributed by atoms with E-state index in [4.69, 9.17) is 10.2 Å². The van der Waals surface area contributed by atoms with Crippen molar-refractivity contribution >= 4 is 11.8 Å². The van der Waals surface area contributed by atoms with Crippen molar-refractivity contribution in [2.24, 2.45) is 5.73 Å². The van der Waals surface area contributed by atoms with Crippen LogP contribution in [0.5, 0.6) is 0 Å². The average molecular weight is 196 g/mol. The van der Waals surface area contributed by atoms with E-state index in [9.17, 15) is 9.59 Å². The summed E-state index contributed by atoms with van der Waals surface area (Å²) in [5.41, 5.74) is 5.61. The van der Waals surface area contributed by atoms with Gasteiger partial charge >= 0.3 is 11.8 Å². The molecule has 1 heterocycles. The highest BCUT2D eigenvalue weighted by Crippen LogP contribution is 2.12. The number of primary amides is 1. The van der Waals surface area contributed by atoms with E-state index in [0.29, 0.717) is 0 Å². The normalized spacial score (nSPS) is 9.86. The van der Waals surface area contributed by atoms with E-state index in [1.54, 1.807) is 13.0 Å². The van der Waals surface area contributed by atoms with Gasteiger partial charge in [-0.15, -0.1) is 0 Å². The lowest BCUT2D eigenvalue weighted by molar-refractivity contribution is -0.137. The largest absolute Gasteiger partial charge is 0.466 e. The topological polar surface area (TPSA) is 85.3 Å². The predicted molar refractivity (Wildman–Crippen MR) is 49.2 cm³/mol. The number of carbonyl (C=O) groups excluding carboxylic acids is 2. The van der Waals surface area contributed by atoms with Gasteiger partial charge in [0.25, 0.3) is 0 Å². The zero-order valence-electron chi connectivity index (χ0n) is 8.09. The van der Waals surface area contributed by atoms with Crippen LogP contribution < -0.4 is 11.1 Å². The molecule has 2 amide bonds. The Hall–Kier alpha value is -1.78. The number of nitrogens with one attached hydrogen (secondary N) is 1. The number of hydrogen-bond acceptors (Lipinski definition) is 3. The summed E-state index contributed by atoms with van der Waals surface area (Å²) in [4.78, 5) is 21.2. The number of furan rings is 1. The molecule has 0 atom stereocenters. The van der Waals surface area contributed by atoms with E-state index in [0.717, 1.165) is 17.1 Å². The minimum atomic E-state index is -0.983. The molecule has 0 aliphatic rings. The van der Waals surface area contributed by atoms with Crippen molar-refractivity contribution in [1.82, 2.24) is 5.32 Å². The molecule has 0 fully saturated rings. The standard InChI is InChI=1S/C9H12N2O3/c1-5-3-7(6(2)14-5)4-11-9(13)8(10)12/h3H,4H2,1-2H3,(H2,10,12)(H,11,13). The van der Waals surface area contributed by atoms with E-state index in [-0.39, 0.29) is 6.54 Å². The van der Waals surface area contributed by atoms with Gasteiger partial charge in [0.05, 0.1) is 0 Å². The van der Waals surface area contributed by atoms with Crippen molar-refractivity contribution in [1.29, 1.82) is 0 Å². The van der Waals surface area contributed by atoms with Crippen molar-refractivity contribution in [3.63, 3.8) is 0 Å². The molecule has 0 bridgehead atoms. The van der Waals surface area contributed by atoms with E-state index in [1.807, 2.05) is 6.92 Å². The predicted octanol–water partition coefficient (Wildman–Crippen LogP) is -0.00206. The Bertz CT molecular complexity index is 368. The summed E-state index contributed by atoms with van der Waals surface area (Å²) in [5.74, 6) is -0.274. The Balaban J connectivity index is 2.58. The molecule has 3 N–H and O–H groups in total. The quantitative estimate of drug-likeness (QED) is 0.653. The van der Waals surface area contributed by atoms with Crippen LogP contribution in [0.1, 0.15) is 17.1 Å². The number of nitrogens with two attached hydrogens (primary N) is 1. The van der Waals surface area contributed by atoms with Crippen molar-refractivity contribution in [3.8, 4) is 0 Å². The number of amides is 2. The van der Waals surface area contributed by atoms with Gasteiger partial charge in [0.15, 0.2) is 0 Å². The molecule has 14 heavy (non-hydrogen) atoms. The van der Waals surface area contributed by atoms with Gasteiger partial charge in [0.2, 0.25) is 0 Å². The summed E-state index contributed by atoms with van der Waals surface area (Å²) in [5, 5.41) is 2.38. The molecule has 0 aromatic carbocycles. The molecule has 0 unspecified atom stereocenters. The summed E-state index contributed by atoms with van der Waals surface area (Å²) >= 11 is 0. The zero-order valence-corrected chi connectivity index (χ0v) is 8.09. The van der Waals surface area contributed by atoms with Crippen LogP contribution in [0.25, 0.3) is 0 Å². The van der Waals surface area contributed by atoms with Crippen LogP contribution in [0.2, 0.25) is 0 Å². The van der Waals surface area contributed by atoms with Crippen LogP contribution in [0.4, 0.5) is 0 Å². The Morgan fingerprint density at radius 3 is 2.57 bits per heavy atom. The van der Waals surface area contributed by atoms with E-state index in [1.165, 1.54) is 0 Å². The lowest BCUT2D eigenvalue weighted by atomic mass is 10.2. The Labute approximate surface area is 81.3 Å². The van der Waals surface area contributed by atoms with Crippen molar-refractivity contribution in [3.05, 3.63) is 23.2 Å². The molecule has 0 saturated carbocycles. The number of rotatable bonds is 2. The second-order valence-corrected chi connectivity index (χ2v) is 2.99. The number of aryl methyl sites for hydroxylation is 2.